The van der Waals surface area contributed by atoms with Crippen molar-refractivity contribution in [2.75, 3.05) is 18.0 Å². The van der Waals surface area contributed by atoms with Crippen molar-refractivity contribution in [3.05, 3.63) is 36.0 Å². The van der Waals surface area contributed by atoms with Crippen molar-refractivity contribution >= 4 is 11.7 Å². The lowest BCUT2D eigenvalue weighted by atomic mass is 9.76. The molecule has 0 aliphatic carbocycles. The predicted molar refractivity (Wildman–Crippen MR) is 77.9 cm³/mol. The number of nitrogens with one attached hydrogen (secondary N) is 1. The number of aromatic amines is 1. The molecule has 0 spiro atoms. The van der Waals surface area contributed by atoms with Crippen LogP contribution in [-0.4, -0.2) is 39.2 Å². The van der Waals surface area contributed by atoms with Crippen molar-refractivity contribution < 1.29 is 4.79 Å². The van der Waals surface area contributed by atoms with Crippen LogP contribution in [0.2, 0.25) is 0 Å². The van der Waals surface area contributed by atoms with Gasteiger partial charge in [0.05, 0.1) is 23.7 Å². The Hall–Kier alpha value is -2.44. The Kier molecular flexibility index (Phi) is 3.32. The smallest absolute Gasteiger partial charge is 0.252 e. The number of piperidine rings is 1. The summed E-state index contributed by atoms with van der Waals surface area (Å²) in [5, 5.41) is 6.93. The quantitative estimate of drug-likeness (QED) is 0.871. The number of nitrogens with zero attached hydrogens (tertiary/aromatic N) is 4. The van der Waals surface area contributed by atoms with Crippen LogP contribution in [-0.2, 0) is 5.41 Å². The molecule has 2 aromatic rings. The monoisotopic (exact) mass is 286 g/mol. The number of rotatable bonds is 3. The first-order chi connectivity index (χ1) is 10.1. The minimum Gasteiger partial charge on any atom is -0.365 e. The van der Waals surface area contributed by atoms with Crippen LogP contribution in [0.1, 0.15) is 35.8 Å². The molecule has 0 radical (unpaired) electrons. The van der Waals surface area contributed by atoms with Gasteiger partial charge < -0.3 is 10.6 Å². The Morgan fingerprint density at radius 3 is 2.71 bits per heavy atom. The van der Waals surface area contributed by atoms with Gasteiger partial charge in [-0.1, -0.05) is 6.92 Å². The molecule has 1 amide bonds. The number of nitrogens with two attached hydrogens (primary N) is 1. The lowest BCUT2D eigenvalue weighted by Crippen LogP contribution is -2.42. The highest BCUT2D eigenvalue weighted by atomic mass is 16.1. The third-order valence-corrected chi connectivity index (χ3v) is 4.25. The number of carbonyl (C=O) groups excluding carboxylic acids is 1. The second-order valence-electron chi connectivity index (χ2n) is 5.63. The van der Waals surface area contributed by atoms with Gasteiger partial charge in [-0.25, -0.2) is 4.98 Å². The number of primary amides is 1. The van der Waals surface area contributed by atoms with E-state index in [1.165, 1.54) is 6.20 Å². The second-order valence-corrected chi connectivity index (χ2v) is 5.63. The summed E-state index contributed by atoms with van der Waals surface area (Å²) >= 11 is 0. The van der Waals surface area contributed by atoms with Crippen molar-refractivity contribution in [2.45, 2.75) is 25.2 Å². The molecule has 3 rings (SSSR count). The summed E-state index contributed by atoms with van der Waals surface area (Å²) in [6.45, 7) is 3.85. The van der Waals surface area contributed by atoms with Gasteiger partial charge in [-0.05, 0) is 12.8 Å². The van der Waals surface area contributed by atoms with Gasteiger partial charge in [0.2, 0.25) is 0 Å². The fourth-order valence-electron chi connectivity index (χ4n) is 2.87. The van der Waals surface area contributed by atoms with Crippen LogP contribution in [0.3, 0.4) is 0 Å². The van der Waals surface area contributed by atoms with Gasteiger partial charge in [0.15, 0.2) is 0 Å². The van der Waals surface area contributed by atoms with Crippen LogP contribution in [0.25, 0.3) is 0 Å². The molecule has 0 aromatic carbocycles. The third kappa shape index (κ3) is 2.46. The molecule has 3 N–H and O–H groups in total. The highest BCUT2D eigenvalue weighted by molar-refractivity contribution is 5.94. The fraction of sp³-hybridized carbons (Fsp3) is 0.429. The van der Waals surface area contributed by atoms with Gasteiger partial charge in [-0.3, -0.25) is 14.9 Å². The van der Waals surface area contributed by atoms with Crippen LogP contribution in [0.5, 0.6) is 0 Å². The summed E-state index contributed by atoms with van der Waals surface area (Å²) in [7, 11) is 0. The van der Waals surface area contributed by atoms with Crippen LogP contribution in [0.4, 0.5) is 5.82 Å². The molecule has 2 aromatic heterocycles. The van der Waals surface area contributed by atoms with E-state index in [0.29, 0.717) is 5.56 Å². The maximum atomic E-state index is 11.5. The highest BCUT2D eigenvalue weighted by Crippen LogP contribution is 2.36. The normalized spacial score (nSPS) is 17.7. The molecule has 1 saturated heterocycles. The van der Waals surface area contributed by atoms with Crippen LogP contribution in [0, 0.1) is 0 Å². The van der Waals surface area contributed by atoms with Crippen molar-refractivity contribution in [1.82, 2.24) is 20.2 Å². The average Bonchev–Trinajstić information content (AvgIpc) is 2.99. The Morgan fingerprint density at radius 1 is 1.33 bits per heavy atom. The zero-order valence-electron chi connectivity index (χ0n) is 11.9. The third-order valence-electron chi connectivity index (χ3n) is 4.25. The molecule has 1 aliphatic rings. The Morgan fingerprint density at radius 2 is 2.10 bits per heavy atom. The van der Waals surface area contributed by atoms with E-state index in [2.05, 4.69) is 32.0 Å². The maximum Gasteiger partial charge on any atom is 0.252 e. The summed E-state index contributed by atoms with van der Waals surface area (Å²) in [4.78, 5) is 22.1. The number of carbonyl (C=O) groups is 1. The first-order valence-electron chi connectivity index (χ1n) is 6.95. The molecular formula is C14H18N6O. The van der Waals surface area contributed by atoms with E-state index in [9.17, 15) is 4.79 Å². The number of hydrogen-bond donors (Lipinski definition) is 2. The second kappa shape index (κ2) is 5.16. The maximum absolute atomic E-state index is 11.5. The highest BCUT2D eigenvalue weighted by Gasteiger charge is 2.36. The summed E-state index contributed by atoms with van der Waals surface area (Å²) in [5.74, 6) is 0.454. The predicted octanol–water partition coefficient (Wildman–Crippen LogP) is 0.857. The topological polar surface area (TPSA) is 101 Å². The number of H-pyrrole nitrogens is 1. The van der Waals surface area contributed by atoms with Gasteiger partial charge in [-0.2, -0.15) is 5.10 Å². The van der Waals surface area contributed by atoms with Crippen molar-refractivity contribution in [1.29, 1.82) is 0 Å². The van der Waals surface area contributed by atoms with Gasteiger partial charge in [0.1, 0.15) is 5.82 Å². The number of hydrogen-bond acceptors (Lipinski definition) is 5. The number of anilines is 1. The molecule has 0 atom stereocenters. The zero-order chi connectivity index (χ0) is 14.9. The van der Waals surface area contributed by atoms with E-state index in [-0.39, 0.29) is 5.41 Å². The van der Waals surface area contributed by atoms with Gasteiger partial charge >= 0.3 is 0 Å². The molecule has 110 valence electrons. The first-order valence-corrected chi connectivity index (χ1v) is 6.95. The van der Waals surface area contributed by atoms with Crippen molar-refractivity contribution in [2.24, 2.45) is 5.73 Å². The average molecular weight is 286 g/mol. The zero-order valence-corrected chi connectivity index (χ0v) is 11.9. The Labute approximate surface area is 122 Å². The van der Waals surface area contributed by atoms with Crippen LogP contribution in [0.15, 0.2) is 24.8 Å². The molecule has 3 heterocycles. The molecular weight excluding hydrogens is 268 g/mol. The van der Waals surface area contributed by atoms with Crippen molar-refractivity contribution in [3.63, 3.8) is 0 Å². The van der Waals surface area contributed by atoms with Crippen molar-refractivity contribution in [3.8, 4) is 0 Å². The van der Waals surface area contributed by atoms with Gasteiger partial charge in [0.25, 0.3) is 5.91 Å². The fourth-order valence-corrected chi connectivity index (χ4v) is 2.87. The van der Waals surface area contributed by atoms with Gasteiger partial charge in [-0.15, -0.1) is 0 Å². The van der Waals surface area contributed by atoms with E-state index in [1.807, 2.05) is 0 Å². The van der Waals surface area contributed by atoms with E-state index in [4.69, 9.17) is 5.73 Å². The Balaban J connectivity index is 1.78. The van der Waals surface area contributed by atoms with E-state index < -0.39 is 5.91 Å². The first kappa shape index (κ1) is 13.5. The SMILES string of the molecule is CC1(c2[nH]ncc2C(N)=O)CCN(c2cnccn2)CC1. The molecule has 21 heavy (non-hydrogen) atoms. The molecule has 0 saturated carbocycles. The molecule has 0 bridgehead atoms. The lowest BCUT2D eigenvalue weighted by molar-refractivity contribution is 0.0997. The standard InChI is InChI=1S/C14H18N6O/c1-14(12-10(13(15)21)8-18-19-12)2-6-20(7-3-14)11-9-16-4-5-17-11/h4-5,8-9H,2-3,6-7H2,1H3,(H2,15,21)(H,18,19). The lowest BCUT2D eigenvalue weighted by Gasteiger charge is -2.39. The molecule has 0 unspecified atom stereocenters. The van der Waals surface area contributed by atoms with E-state index in [0.717, 1.165) is 37.4 Å². The molecule has 7 heteroatoms. The van der Waals surface area contributed by atoms with E-state index >= 15 is 0 Å². The largest absolute Gasteiger partial charge is 0.365 e. The summed E-state index contributed by atoms with van der Waals surface area (Å²) < 4.78 is 0. The van der Waals surface area contributed by atoms with Gasteiger partial charge in [0, 0.05) is 30.9 Å². The van der Waals surface area contributed by atoms with Crippen LogP contribution < -0.4 is 10.6 Å². The molecule has 1 fully saturated rings. The molecule has 1 aliphatic heterocycles. The number of amides is 1. The summed E-state index contributed by atoms with van der Waals surface area (Å²) in [6, 6.07) is 0. The summed E-state index contributed by atoms with van der Waals surface area (Å²) in [6.07, 6.45) is 8.44. The Bertz CT molecular complexity index is 630. The minimum absolute atomic E-state index is 0.125. The number of aromatic nitrogens is 4. The van der Waals surface area contributed by atoms with E-state index in [1.54, 1.807) is 18.6 Å². The van der Waals surface area contributed by atoms with Crippen LogP contribution >= 0.6 is 0 Å². The molecule has 7 nitrogen and oxygen atoms in total. The summed E-state index contributed by atoms with van der Waals surface area (Å²) in [5.41, 5.74) is 6.62. The minimum atomic E-state index is -0.434.